The SMILES string of the molecule is C/C(=N/NC(=S)Nc1ccccc1C(F)(F)F)c1ccccc1. The largest absolute Gasteiger partial charge is 0.418 e. The molecule has 0 heterocycles. The summed E-state index contributed by atoms with van der Waals surface area (Å²) in [7, 11) is 0. The molecule has 0 saturated heterocycles. The van der Waals surface area contributed by atoms with Crippen LogP contribution in [0.25, 0.3) is 0 Å². The molecule has 0 aliphatic rings. The Kier molecular flexibility index (Phi) is 5.33. The lowest BCUT2D eigenvalue weighted by Crippen LogP contribution is -2.26. The number of benzene rings is 2. The maximum Gasteiger partial charge on any atom is 0.418 e. The van der Waals surface area contributed by atoms with Crippen LogP contribution in [0, 0.1) is 0 Å². The molecule has 23 heavy (non-hydrogen) atoms. The maximum atomic E-state index is 12.9. The van der Waals surface area contributed by atoms with Crippen molar-refractivity contribution in [3.63, 3.8) is 0 Å². The number of anilines is 1. The van der Waals surface area contributed by atoms with Crippen molar-refractivity contribution in [2.75, 3.05) is 5.32 Å². The van der Waals surface area contributed by atoms with Crippen molar-refractivity contribution in [1.29, 1.82) is 0 Å². The topological polar surface area (TPSA) is 36.4 Å². The van der Waals surface area contributed by atoms with Gasteiger partial charge in [0.25, 0.3) is 0 Å². The molecule has 0 aliphatic carbocycles. The predicted molar refractivity (Wildman–Crippen MR) is 89.5 cm³/mol. The number of alkyl halides is 3. The van der Waals surface area contributed by atoms with Crippen LogP contribution in [0.1, 0.15) is 18.1 Å². The van der Waals surface area contributed by atoms with Crippen LogP contribution in [0.4, 0.5) is 18.9 Å². The Balaban J connectivity index is 2.07. The minimum atomic E-state index is -4.46. The molecular formula is C16H14F3N3S. The number of hydrogen-bond donors (Lipinski definition) is 2. The summed E-state index contributed by atoms with van der Waals surface area (Å²) in [5.74, 6) is 0. The maximum absolute atomic E-state index is 12.9. The molecule has 0 spiro atoms. The predicted octanol–water partition coefficient (Wildman–Crippen LogP) is 4.42. The highest BCUT2D eigenvalue weighted by molar-refractivity contribution is 7.80. The number of thiocarbonyl (C=S) groups is 1. The van der Waals surface area contributed by atoms with Crippen LogP contribution in [0.3, 0.4) is 0 Å². The van der Waals surface area contributed by atoms with Gasteiger partial charge in [-0.25, -0.2) is 0 Å². The second kappa shape index (κ2) is 7.23. The lowest BCUT2D eigenvalue weighted by Gasteiger charge is -2.14. The van der Waals surface area contributed by atoms with E-state index in [9.17, 15) is 13.2 Å². The van der Waals surface area contributed by atoms with E-state index < -0.39 is 11.7 Å². The van der Waals surface area contributed by atoms with Crippen molar-refractivity contribution in [3.8, 4) is 0 Å². The first-order chi connectivity index (χ1) is 10.9. The van der Waals surface area contributed by atoms with Crippen LogP contribution in [-0.2, 0) is 6.18 Å². The van der Waals surface area contributed by atoms with Crippen LogP contribution in [0.15, 0.2) is 59.7 Å². The second-order valence-electron chi connectivity index (χ2n) is 4.67. The molecule has 2 aromatic carbocycles. The summed E-state index contributed by atoms with van der Waals surface area (Å²) in [6, 6.07) is 14.5. The molecular weight excluding hydrogens is 323 g/mol. The van der Waals surface area contributed by atoms with Crippen LogP contribution >= 0.6 is 12.2 Å². The highest BCUT2D eigenvalue weighted by Gasteiger charge is 2.33. The average molecular weight is 337 g/mol. The Hall–Kier alpha value is -2.41. The molecule has 2 rings (SSSR count). The number of hydrogen-bond acceptors (Lipinski definition) is 2. The van der Waals surface area contributed by atoms with Crippen LogP contribution in [0.2, 0.25) is 0 Å². The Morgan fingerprint density at radius 1 is 1.00 bits per heavy atom. The molecule has 0 amide bonds. The number of nitrogens with zero attached hydrogens (tertiary/aromatic N) is 1. The average Bonchev–Trinajstić information content (AvgIpc) is 2.53. The highest BCUT2D eigenvalue weighted by atomic mass is 32.1. The quantitative estimate of drug-likeness (QED) is 0.495. The molecule has 0 radical (unpaired) electrons. The van der Waals surface area contributed by atoms with Gasteiger partial charge in [0.1, 0.15) is 0 Å². The summed E-state index contributed by atoms with van der Waals surface area (Å²) in [6.45, 7) is 1.77. The third-order valence-electron chi connectivity index (χ3n) is 3.00. The third kappa shape index (κ3) is 4.79. The zero-order valence-electron chi connectivity index (χ0n) is 12.2. The van der Waals surface area contributed by atoms with Gasteiger partial charge in [0, 0.05) is 0 Å². The van der Waals surface area contributed by atoms with Gasteiger partial charge in [-0.2, -0.15) is 18.3 Å². The molecule has 0 bridgehead atoms. The first-order valence-electron chi connectivity index (χ1n) is 6.71. The van der Waals surface area contributed by atoms with Gasteiger partial charge in [-0.15, -0.1) is 0 Å². The number of nitrogens with one attached hydrogen (secondary N) is 2. The lowest BCUT2D eigenvalue weighted by molar-refractivity contribution is -0.136. The summed E-state index contributed by atoms with van der Waals surface area (Å²) in [4.78, 5) is 0. The molecule has 0 aromatic heterocycles. The lowest BCUT2D eigenvalue weighted by atomic mass is 10.1. The van der Waals surface area contributed by atoms with Crippen LogP contribution in [0.5, 0.6) is 0 Å². The molecule has 7 heteroatoms. The van der Waals surface area contributed by atoms with Crippen molar-refractivity contribution in [1.82, 2.24) is 5.43 Å². The van der Waals surface area contributed by atoms with Gasteiger partial charge in [0.05, 0.1) is 17.0 Å². The Morgan fingerprint density at radius 2 is 1.61 bits per heavy atom. The Labute approximate surface area is 137 Å². The van der Waals surface area contributed by atoms with E-state index >= 15 is 0 Å². The zero-order valence-corrected chi connectivity index (χ0v) is 13.0. The van der Waals surface area contributed by atoms with Crippen LogP contribution in [-0.4, -0.2) is 10.8 Å². The summed E-state index contributed by atoms with van der Waals surface area (Å²) >= 11 is 4.99. The van der Waals surface area contributed by atoms with E-state index in [1.54, 1.807) is 6.92 Å². The second-order valence-corrected chi connectivity index (χ2v) is 5.08. The molecule has 0 unspecified atom stereocenters. The fourth-order valence-electron chi connectivity index (χ4n) is 1.87. The van der Waals surface area contributed by atoms with Gasteiger partial charge >= 0.3 is 6.18 Å². The van der Waals surface area contributed by atoms with Crippen LogP contribution < -0.4 is 10.7 Å². The van der Waals surface area contributed by atoms with Gasteiger partial charge in [-0.3, -0.25) is 5.43 Å². The first-order valence-corrected chi connectivity index (χ1v) is 7.11. The van der Waals surface area contributed by atoms with Gasteiger partial charge in [-0.1, -0.05) is 42.5 Å². The molecule has 0 fully saturated rings. The number of para-hydroxylation sites is 1. The summed E-state index contributed by atoms with van der Waals surface area (Å²) in [5.41, 5.74) is 3.20. The third-order valence-corrected chi connectivity index (χ3v) is 3.19. The van der Waals surface area contributed by atoms with E-state index in [2.05, 4.69) is 15.8 Å². The van der Waals surface area contributed by atoms with E-state index in [4.69, 9.17) is 12.2 Å². The summed E-state index contributed by atoms with van der Waals surface area (Å²) in [5, 5.41) is 6.56. The fraction of sp³-hybridized carbons (Fsp3) is 0.125. The van der Waals surface area contributed by atoms with Gasteiger partial charge in [0.15, 0.2) is 5.11 Å². The van der Waals surface area contributed by atoms with E-state index in [-0.39, 0.29) is 10.8 Å². The zero-order chi connectivity index (χ0) is 16.9. The van der Waals surface area contributed by atoms with E-state index in [1.165, 1.54) is 18.2 Å². The normalized spacial score (nSPS) is 11.9. The summed E-state index contributed by atoms with van der Waals surface area (Å²) in [6.07, 6.45) is -4.46. The van der Waals surface area contributed by atoms with E-state index in [0.29, 0.717) is 5.71 Å². The molecule has 0 atom stereocenters. The summed E-state index contributed by atoms with van der Waals surface area (Å²) < 4.78 is 38.7. The van der Waals surface area contributed by atoms with Crippen molar-refractivity contribution in [2.24, 2.45) is 5.10 Å². The Morgan fingerprint density at radius 3 is 2.26 bits per heavy atom. The monoisotopic (exact) mass is 337 g/mol. The molecule has 0 aliphatic heterocycles. The minimum absolute atomic E-state index is 0.0167. The standard InChI is InChI=1S/C16H14F3N3S/c1-11(12-7-3-2-4-8-12)21-22-15(23)20-14-10-6-5-9-13(14)16(17,18)19/h2-10H,1H3,(H2,20,22,23)/b21-11-. The molecule has 120 valence electrons. The van der Waals surface area contributed by atoms with Crippen molar-refractivity contribution >= 4 is 28.7 Å². The smallest absolute Gasteiger partial charge is 0.331 e. The number of hydrazone groups is 1. The number of halogens is 3. The van der Waals surface area contributed by atoms with Gasteiger partial charge in [0.2, 0.25) is 0 Å². The molecule has 2 N–H and O–H groups in total. The van der Waals surface area contributed by atoms with Gasteiger partial charge in [-0.05, 0) is 36.8 Å². The van der Waals surface area contributed by atoms with Gasteiger partial charge < -0.3 is 5.32 Å². The highest BCUT2D eigenvalue weighted by Crippen LogP contribution is 2.34. The molecule has 2 aromatic rings. The van der Waals surface area contributed by atoms with Crippen molar-refractivity contribution in [2.45, 2.75) is 13.1 Å². The molecule has 0 saturated carbocycles. The molecule has 3 nitrogen and oxygen atoms in total. The first kappa shape index (κ1) is 17.0. The van der Waals surface area contributed by atoms with E-state index in [0.717, 1.165) is 11.6 Å². The van der Waals surface area contributed by atoms with E-state index in [1.807, 2.05) is 30.3 Å². The van der Waals surface area contributed by atoms with Crippen molar-refractivity contribution < 1.29 is 13.2 Å². The number of rotatable bonds is 3. The minimum Gasteiger partial charge on any atom is -0.331 e. The fourth-order valence-corrected chi connectivity index (χ4v) is 2.02. The Bertz CT molecular complexity index is 712. The van der Waals surface area contributed by atoms with Crippen molar-refractivity contribution in [3.05, 3.63) is 65.7 Å².